The van der Waals surface area contributed by atoms with Gasteiger partial charge in [0.15, 0.2) is 0 Å². The van der Waals surface area contributed by atoms with E-state index in [1.165, 1.54) is 77.5 Å². The van der Waals surface area contributed by atoms with Gasteiger partial charge in [-0.25, -0.2) is 0 Å². The molecule has 13 rings (SSSR count). The Morgan fingerprint density at radius 2 is 0.953 bits per heavy atom. The fraction of sp³-hybridized carbons (Fsp3) is 0.0645. The van der Waals surface area contributed by atoms with Crippen LogP contribution in [0.3, 0.4) is 0 Å². The first-order chi connectivity index (χ1) is 31.5. The molecule has 11 aromatic rings. The van der Waals surface area contributed by atoms with Crippen LogP contribution < -0.4 is 4.90 Å². The summed E-state index contributed by atoms with van der Waals surface area (Å²) < 4.78 is 7.01. The molecule has 2 aliphatic rings. The molecule has 0 unspecified atom stereocenters. The molecule has 0 saturated carbocycles. The van der Waals surface area contributed by atoms with Crippen molar-refractivity contribution in [2.24, 2.45) is 0 Å². The zero-order valence-electron chi connectivity index (χ0n) is 35.7. The summed E-state index contributed by atoms with van der Waals surface area (Å²) in [5.41, 5.74) is 19.5. The largest absolute Gasteiger partial charge is 0.456 e. The maximum absolute atomic E-state index is 7.01. The molecule has 2 aliphatic carbocycles. The average molecular weight is 818 g/mol. The van der Waals surface area contributed by atoms with E-state index < -0.39 is 5.41 Å². The highest BCUT2D eigenvalue weighted by Crippen LogP contribution is 2.60. The zero-order valence-corrected chi connectivity index (χ0v) is 35.7. The van der Waals surface area contributed by atoms with Crippen LogP contribution in [0.2, 0.25) is 0 Å². The molecule has 302 valence electrons. The first-order valence-corrected chi connectivity index (χ1v) is 22.3. The number of rotatable bonds is 6. The summed E-state index contributed by atoms with van der Waals surface area (Å²) >= 11 is 0. The first kappa shape index (κ1) is 36.7. The first-order valence-electron chi connectivity index (χ1n) is 22.3. The van der Waals surface area contributed by atoms with Crippen molar-refractivity contribution in [2.45, 2.75) is 24.7 Å². The Morgan fingerprint density at radius 3 is 1.70 bits per heavy atom. The fourth-order valence-corrected chi connectivity index (χ4v) is 11.5. The number of hydrogen-bond acceptors (Lipinski definition) is 2. The number of hydrogen-bond donors (Lipinski definition) is 0. The monoisotopic (exact) mass is 817 g/mol. The average Bonchev–Trinajstić information content (AvgIpc) is 3.96. The third-order valence-electron chi connectivity index (χ3n) is 14.3. The Hall–Kier alpha value is -7.94. The summed E-state index contributed by atoms with van der Waals surface area (Å²) in [6.45, 7) is 4.73. The van der Waals surface area contributed by atoms with Crippen LogP contribution >= 0.6 is 0 Å². The minimum absolute atomic E-state index is 0.172. The number of benzene rings is 10. The topological polar surface area (TPSA) is 16.4 Å². The maximum Gasteiger partial charge on any atom is 0.137 e. The van der Waals surface area contributed by atoms with E-state index in [0.29, 0.717) is 0 Å². The molecule has 0 spiro atoms. The minimum Gasteiger partial charge on any atom is -0.456 e. The lowest BCUT2D eigenvalue weighted by Crippen LogP contribution is -2.28. The van der Waals surface area contributed by atoms with Crippen molar-refractivity contribution in [3.05, 3.63) is 258 Å². The lowest BCUT2D eigenvalue weighted by molar-refractivity contribution is 0.660. The van der Waals surface area contributed by atoms with Gasteiger partial charge in [0.25, 0.3) is 0 Å². The van der Waals surface area contributed by atoms with E-state index in [0.717, 1.165) is 39.0 Å². The van der Waals surface area contributed by atoms with Crippen molar-refractivity contribution in [1.29, 1.82) is 0 Å². The smallest absolute Gasteiger partial charge is 0.137 e. The predicted molar refractivity (Wildman–Crippen MR) is 266 cm³/mol. The van der Waals surface area contributed by atoms with Gasteiger partial charge in [-0.1, -0.05) is 196 Å². The molecule has 1 heterocycles. The molecule has 0 amide bonds. The van der Waals surface area contributed by atoms with E-state index in [1.54, 1.807) is 0 Å². The van der Waals surface area contributed by atoms with E-state index in [9.17, 15) is 0 Å². The second-order valence-electron chi connectivity index (χ2n) is 18.0. The Labute approximate surface area is 373 Å². The Bertz CT molecular complexity index is 3600. The van der Waals surface area contributed by atoms with Gasteiger partial charge in [-0.2, -0.15) is 0 Å². The summed E-state index contributed by atoms with van der Waals surface area (Å²) in [5, 5.41) is 4.66. The third kappa shape index (κ3) is 5.08. The zero-order chi connectivity index (χ0) is 42.6. The number of furan rings is 1. The summed E-state index contributed by atoms with van der Waals surface area (Å²) in [6.07, 6.45) is 0. The normalized spacial score (nSPS) is 14.0. The summed E-state index contributed by atoms with van der Waals surface area (Å²) in [5.74, 6) is 0. The van der Waals surface area contributed by atoms with Gasteiger partial charge in [-0.05, 0) is 108 Å². The van der Waals surface area contributed by atoms with Crippen LogP contribution in [0.4, 0.5) is 17.1 Å². The van der Waals surface area contributed by atoms with Crippen LogP contribution in [-0.4, -0.2) is 0 Å². The van der Waals surface area contributed by atoms with Gasteiger partial charge in [-0.15, -0.1) is 0 Å². The van der Waals surface area contributed by atoms with Crippen molar-refractivity contribution in [1.82, 2.24) is 0 Å². The summed E-state index contributed by atoms with van der Waals surface area (Å²) in [6, 6.07) is 82.6. The van der Waals surface area contributed by atoms with Crippen molar-refractivity contribution >= 4 is 49.8 Å². The fourth-order valence-electron chi connectivity index (χ4n) is 11.5. The lowest BCUT2D eigenvalue weighted by atomic mass is 9.68. The molecule has 2 heteroatoms. The standard InChI is InChI=1S/C62H43NO/c1-61(2)52-29-16-14-26-46(52)47-35-33-43(37-55(47)61)63(44-34-36-50-57(38-44)64-58-39-51(40-19-6-3-7-20-40)45-25-12-13-27-48(45)59(50)58)56-32-18-31-54-60(56)49-28-15-17-30-53(49)62(54,41-21-8-4-9-22-41)42-23-10-5-11-24-42/h3-39H,1-2H3. The molecule has 0 N–H and O–H groups in total. The van der Waals surface area contributed by atoms with Crippen LogP contribution in [0.5, 0.6) is 0 Å². The Morgan fingerprint density at radius 1 is 0.375 bits per heavy atom. The second kappa shape index (κ2) is 13.8. The van der Waals surface area contributed by atoms with Gasteiger partial charge >= 0.3 is 0 Å². The van der Waals surface area contributed by atoms with Crippen LogP contribution in [0, 0.1) is 0 Å². The van der Waals surface area contributed by atoms with Crippen molar-refractivity contribution in [2.75, 3.05) is 4.90 Å². The Balaban J connectivity index is 1.09. The minimum atomic E-state index is -0.530. The van der Waals surface area contributed by atoms with E-state index in [4.69, 9.17) is 4.42 Å². The molecule has 0 bridgehead atoms. The highest BCUT2D eigenvalue weighted by Gasteiger charge is 2.47. The van der Waals surface area contributed by atoms with E-state index >= 15 is 0 Å². The predicted octanol–water partition coefficient (Wildman–Crippen LogP) is 16.5. The summed E-state index contributed by atoms with van der Waals surface area (Å²) in [4.78, 5) is 2.49. The van der Waals surface area contributed by atoms with Crippen molar-refractivity contribution in [3.63, 3.8) is 0 Å². The van der Waals surface area contributed by atoms with Crippen molar-refractivity contribution < 1.29 is 4.42 Å². The lowest BCUT2D eigenvalue weighted by Gasteiger charge is -2.34. The van der Waals surface area contributed by atoms with E-state index in [2.05, 4.69) is 243 Å². The molecule has 1 aromatic heterocycles. The van der Waals surface area contributed by atoms with Gasteiger partial charge in [0.2, 0.25) is 0 Å². The molecular weight excluding hydrogens is 775 g/mol. The van der Waals surface area contributed by atoms with Gasteiger partial charge in [0.05, 0.1) is 11.1 Å². The van der Waals surface area contributed by atoms with Gasteiger partial charge < -0.3 is 9.32 Å². The van der Waals surface area contributed by atoms with Crippen LogP contribution in [0.25, 0.3) is 66.1 Å². The third-order valence-corrected chi connectivity index (χ3v) is 14.3. The van der Waals surface area contributed by atoms with Crippen LogP contribution in [0.15, 0.2) is 229 Å². The number of anilines is 3. The summed E-state index contributed by atoms with van der Waals surface area (Å²) in [7, 11) is 0. The highest BCUT2D eigenvalue weighted by atomic mass is 16.3. The molecule has 0 fully saturated rings. The molecule has 0 aliphatic heterocycles. The number of nitrogens with zero attached hydrogens (tertiary/aromatic N) is 1. The quantitative estimate of drug-likeness (QED) is 0.166. The number of fused-ring (bicyclic) bond motifs is 11. The van der Waals surface area contributed by atoms with E-state index in [1.807, 2.05) is 0 Å². The molecule has 0 saturated heterocycles. The molecule has 2 nitrogen and oxygen atoms in total. The molecule has 10 aromatic carbocycles. The molecule has 64 heavy (non-hydrogen) atoms. The molecular formula is C62H43NO. The Kier molecular flexibility index (Phi) is 7.90. The SMILES string of the molecule is CC1(C)c2ccccc2-c2ccc(N(c3ccc4c(c3)oc3cc(-c5ccccc5)c5ccccc5c34)c3cccc4c3-c3ccccc3C4(c3ccccc3)c3ccccc3)cc21. The second-order valence-corrected chi connectivity index (χ2v) is 18.0. The molecule has 0 radical (unpaired) electrons. The van der Waals surface area contributed by atoms with Crippen molar-refractivity contribution in [3.8, 4) is 33.4 Å². The van der Waals surface area contributed by atoms with Crippen LogP contribution in [-0.2, 0) is 10.8 Å². The van der Waals surface area contributed by atoms with Gasteiger partial charge in [0.1, 0.15) is 11.2 Å². The maximum atomic E-state index is 7.01. The van der Waals surface area contributed by atoms with Gasteiger partial charge in [-0.3, -0.25) is 0 Å². The van der Waals surface area contributed by atoms with Gasteiger partial charge in [0, 0.05) is 39.2 Å². The van der Waals surface area contributed by atoms with Crippen LogP contribution in [0.1, 0.15) is 47.2 Å². The van der Waals surface area contributed by atoms with E-state index in [-0.39, 0.29) is 5.41 Å². The molecule has 0 atom stereocenters. The highest BCUT2D eigenvalue weighted by molar-refractivity contribution is 6.22.